The summed E-state index contributed by atoms with van der Waals surface area (Å²) in [5.74, 6) is 0.353. The van der Waals surface area contributed by atoms with Crippen LogP contribution in [0.5, 0.6) is 0 Å². The van der Waals surface area contributed by atoms with E-state index in [0.29, 0.717) is 11.5 Å². The molecule has 5 nitrogen and oxygen atoms in total. The zero-order valence-electron chi connectivity index (χ0n) is 7.25. The lowest BCUT2D eigenvalue weighted by Crippen LogP contribution is -2.01. The minimum Gasteiger partial charge on any atom is -0.392 e. The molecule has 2 aromatic rings. The predicted molar refractivity (Wildman–Crippen MR) is 52.0 cm³/mol. The van der Waals surface area contributed by atoms with E-state index in [0.717, 1.165) is 5.69 Å². The van der Waals surface area contributed by atoms with Crippen LogP contribution in [-0.2, 0) is 0 Å². The normalized spacial score (nSPS) is 9.64. The van der Waals surface area contributed by atoms with Crippen LogP contribution in [0.3, 0.4) is 0 Å². The minimum atomic E-state index is 0.353. The van der Waals surface area contributed by atoms with Gasteiger partial charge in [0.05, 0.1) is 18.5 Å². The SMILES string of the molecule is [C-]#[N+]c1cnn(-c2ccncc2)c1N. The average Bonchev–Trinajstić information content (AvgIpc) is 2.61. The second-order valence-electron chi connectivity index (χ2n) is 2.64. The molecule has 0 aliphatic heterocycles. The van der Waals surface area contributed by atoms with Crippen LogP contribution in [0.1, 0.15) is 0 Å². The molecule has 0 bridgehead atoms. The van der Waals surface area contributed by atoms with Gasteiger partial charge in [-0.25, -0.2) is 9.53 Å². The summed E-state index contributed by atoms with van der Waals surface area (Å²) in [7, 11) is 0. The Bertz CT molecular complexity index is 480. The highest BCUT2D eigenvalue weighted by Gasteiger charge is 2.07. The van der Waals surface area contributed by atoms with Gasteiger partial charge in [0.2, 0.25) is 5.69 Å². The van der Waals surface area contributed by atoms with Gasteiger partial charge in [-0.2, -0.15) is 5.10 Å². The van der Waals surface area contributed by atoms with Crippen molar-refractivity contribution in [3.05, 3.63) is 42.1 Å². The summed E-state index contributed by atoms with van der Waals surface area (Å²) in [4.78, 5) is 7.13. The van der Waals surface area contributed by atoms with Crippen molar-refractivity contribution in [1.82, 2.24) is 14.8 Å². The highest BCUT2D eigenvalue weighted by Crippen LogP contribution is 2.23. The number of pyridine rings is 1. The van der Waals surface area contributed by atoms with Crippen molar-refractivity contribution in [3.8, 4) is 5.69 Å². The van der Waals surface area contributed by atoms with E-state index < -0.39 is 0 Å². The topological polar surface area (TPSA) is 61.1 Å². The Labute approximate surface area is 80.6 Å². The van der Waals surface area contributed by atoms with Crippen LogP contribution in [0.25, 0.3) is 10.5 Å². The van der Waals surface area contributed by atoms with Crippen molar-refractivity contribution >= 4 is 11.5 Å². The Morgan fingerprint density at radius 1 is 1.36 bits per heavy atom. The number of anilines is 1. The third-order valence-electron chi connectivity index (χ3n) is 1.81. The van der Waals surface area contributed by atoms with E-state index in [-0.39, 0.29) is 0 Å². The number of nitrogen functional groups attached to an aromatic ring is 1. The summed E-state index contributed by atoms with van der Waals surface area (Å²) in [6.07, 6.45) is 4.74. The second-order valence-corrected chi connectivity index (χ2v) is 2.64. The zero-order valence-corrected chi connectivity index (χ0v) is 7.25. The van der Waals surface area contributed by atoms with Gasteiger partial charge in [-0.1, -0.05) is 0 Å². The van der Waals surface area contributed by atoms with Gasteiger partial charge in [0.15, 0.2) is 0 Å². The number of aromatic nitrogens is 3. The molecule has 0 fully saturated rings. The average molecular weight is 185 g/mol. The van der Waals surface area contributed by atoms with E-state index in [1.54, 1.807) is 24.5 Å². The Balaban J connectivity index is 2.54. The zero-order chi connectivity index (χ0) is 9.97. The van der Waals surface area contributed by atoms with E-state index in [1.807, 2.05) is 0 Å². The largest absolute Gasteiger partial charge is 0.392 e. The molecule has 0 unspecified atom stereocenters. The van der Waals surface area contributed by atoms with Gasteiger partial charge in [0.25, 0.3) is 0 Å². The first kappa shape index (κ1) is 8.26. The number of rotatable bonds is 1. The van der Waals surface area contributed by atoms with Gasteiger partial charge < -0.3 is 5.73 Å². The quantitative estimate of drug-likeness (QED) is 0.683. The summed E-state index contributed by atoms with van der Waals surface area (Å²) in [6, 6.07) is 3.55. The number of hydrogen-bond acceptors (Lipinski definition) is 3. The van der Waals surface area contributed by atoms with Crippen molar-refractivity contribution in [2.45, 2.75) is 0 Å². The summed E-state index contributed by atoms with van der Waals surface area (Å²) < 4.78 is 1.51. The molecule has 2 aromatic heterocycles. The van der Waals surface area contributed by atoms with Crippen molar-refractivity contribution in [2.24, 2.45) is 0 Å². The van der Waals surface area contributed by atoms with Crippen molar-refractivity contribution in [2.75, 3.05) is 5.73 Å². The molecule has 5 heteroatoms. The lowest BCUT2D eigenvalue weighted by Gasteiger charge is -2.02. The van der Waals surface area contributed by atoms with Gasteiger partial charge in [-0.05, 0) is 12.1 Å². The number of nitrogens with two attached hydrogens (primary N) is 1. The smallest absolute Gasteiger partial charge is 0.247 e. The molecule has 0 spiro atoms. The monoisotopic (exact) mass is 185 g/mol. The van der Waals surface area contributed by atoms with Crippen molar-refractivity contribution in [3.63, 3.8) is 0 Å². The van der Waals surface area contributed by atoms with Crippen LogP contribution < -0.4 is 5.73 Å². The lowest BCUT2D eigenvalue weighted by atomic mass is 10.4. The van der Waals surface area contributed by atoms with Crippen LogP contribution in [0.2, 0.25) is 0 Å². The minimum absolute atomic E-state index is 0.353. The van der Waals surface area contributed by atoms with Crippen LogP contribution in [0.15, 0.2) is 30.7 Å². The van der Waals surface area contributed by atoms with E-state index >= 15 is 0 Å². The van der Waals surface area contributed by atoms with Crippen LogP contribution in [0, 0.1) is 6.57 Å². The van der Waals surface area contributed by atoms with E-state index in [1.165, 1.54) is 10.9 Å². The molecule has 2 rings (SSSR count). The Morgan fingerprint density at radius 2 is 2.07 bits per heavy atom. The fraction of sp³-hybridized carbons (Fsp3) is 0. The third kappa shape index (κ3) is 1.19. The van der Waals surface area contributed by atoms with Crippen molar-refractivity contribution in [1.29, 1.82) is 0 Å². The first-order valence-electron chi connectivity index (χ1n) is 3.94. The van der Waals surface area contributed by atoms with Gasteiger partial charge in [0.1, 0.15) is 5.82 Å². The molecule has 14 heavy (non-hydrogen) atoms. The van der Waals surface area contributed by atoms with Crippen LogP contribution in [0.4, 0.5) is 11.5 Å². The highest BCUT2D eigenvalue weighted by molar-refractivity contribution is 5.64. The fourth-order valence-electron chi connectivity index (χ4n) is 1.13. The molecular weight excluding hydrogens is 178 g/mol. The van der Waals surface area contributed by atoms with Crippen LogP contribution in [-0.4, -0.2) is 14.8 Å². The Morgan fingerprint density at radius 3 is 2.64 bits per heavy atom. The van der Waals surface area contributed by atoms with Gasteiger partial charge in [-0.3, -0.25) is 4.98 Å². The number of nitrogens with zero attached hydrogens (tertiary/aromatic N) is 4. The maximum atomic E-state index is 6.84. The second kappa shape index (κ2) is 3.18. The first-order chi connectivity index (χ1) is 6.83. The molecule has 0 saturated heterocycles. The summed E-state index contributed by atoms with van der Waals surface area (Å²) in [6.45, 7) is 6.84. The first-order valence-corrected chi connectivity index (χ1v) is 3.94. The third-order valence-corrected chi connectivity index (χ3v) is 1.81. The van der Waals surface area contributed by atoms with Crippen LogP contribution >= 0.6 is 0 Å². The molecular formula is C9H7N5. The summed E-state index contributed by atoms with van der Waals surface area (Å²) in [5, 5.41) is 4.01. The molecule has 2 heterocycles. The standard InChI is InChI=1S/C9H7N5/c1-11-8-6-13-14(9(8)10)7-2-4-12-5-3-7/h2-6H,10H2. The molecule has 0 amide bonds. The Hall–Kier alpha value is -2.35. The molecule has 0 aromatic carbocycles. The van der Waals surface area contributed by atoms with Gasteiger partial charge in [-0.15, -0.1) is 0 Å². The summed E-state index contributed by atoms with van der Waals surface area (Å²) >= 11 is 0. The summed E-state index contributed by atoms with van der Waals surface area (Å²) in [5.41, 5.74) is 6.87. The maximum Gasteiger partial charge on any atom is 0.247 e. The fourth-order valence-corrected chi connectivity index (χ4v) is 1.13. The molecule has 0 atom stereocenters. The Kier molecular flexibility index (Phi) is 1.88. The highest BCUT2D eigenvalue weighted by atomic mass is 15.3. The predicted octanol–water partition coefficient (Wildman–Crippen LogP) is 1.40. The van der Waals surface area contributed by atoms with E-state index in [2.05, 4.69) is 14.9 Å². The molecule has 0 aliphatic rings. The molecule has 2 N–H and O–H groups in total. The number of hydrogen-bond donors (Lipinski definition) is 1. The molecule has 0 saturated carbocycles. The maximum absolute atomic E-state index is 6.84. The van der Waals surface area contributed by atoms with E-state index in [4.69, 9.17) is 12.3 Å². The van der Waals surface area contributed by atoms with Gasteiger partial charge in [0, 0.05) is 12.4 Å². The molecule has 0 aliphatic carbocycles. The van der Waals surface area contributed by atoms with Gasteiger partial charge >= 0.3 is 0 Å². The lowest BCUT2D eigenvalue weighted by molar-refractivity contribution is 0.888. The van der Waals surface area contributed by atoms with Crippen molar-refractivity contribution < 1.29 is 0 Å². The molecule has 0 radical (unpaired) electrons. The molecule has 68 valence electrons. The van der Waals surface area contributed by atoms with E-state index in [9.17, 15) is 0 Å².